The molecule has 1 radical (unpaired) electrons. The first kappa shape index (κ1) is 29.8. The Morgan fingerprint density at radius 2 is 0.517 bits per heavy atom. The summed E-state index contributed by atoms with van der Waals surface area (Å²) in [5, 5.41) is 0. The van der Waals surface area contributed by atoms with Gasteiger partial charge in [0, 0.05) is 0 Å². The zero-order chi connectivity index (χ0) is 21.5. The quantitative estimate of drug-likeness (QED) is 0.0880. The molecule has 0 aliphatic heterocycles. The number of unbranched alkanes of at least 4 members (excludes halogenated alkanes) is 16. The van der Waals surface area contributed by atoms with E-state index in [2.05, 4.69) is 27.7 Å². The second-order valence-corrected chi connectivity index (χ2v) is 22.7. The Morgan fingerprint density at radius 3 is 0.828 bits per heavy atom. The van der Waals surface area contributed by atoms with Crippen LogP contribution in [0, 0.1) is 0 Å². The van der Waals surface area contributed by atoms with Gasteiger partial charge in [0.2, 0.25) is 0 Å². The third-order valence-corrected chi connectivity index (χ3v) is 21.4. The molecule has 0 unspecified atom stereocenters. The fraction of sp³-hybridized carbons (Fsp3) is 1.00. The van der Waals surface area contributed by atoms with Gasteiger partial charge in [-0.05, 0) is 0 Å². The Bertz CT molecular complexity index is 277. The Labute approximate surface area is 191 Å². The van der Waals surface area contributed by atoms with Crippen LogP contribution in [0.15, 0.2) is 0 Å². The molecule has 29 heavy (non-hydrogen) atoms. The molecular weight excluding hydrogens is 458 g/mol. The zero-order valence-corrected chi connectivity index (χ0v) is 24.0. The topological polar surface area (TPSA) is 0 Å². The maximum absolute atomic E-state index is 2.40. The van der Waals surface area contributed by atoms with Crippen molar-refractivity contribution >= 4 is 18.8 Å². The summed E-state index contributed by atoms with van der Waals surface area (Å²) in [6.45, 7) is 9.52. The molecule has 1 heteroatoms. The van der Waals surface area contributed by atoms with Crippen LogP contribution in [0.25, 0.3) is 0 Å². The average Bonchev–Trinajstić information content (AvgIpc) is 2.74. The van der Waals surface area contributed by atoms with Crippen LogP contribution < -0.4 is 0 Å². The molecule has 0 spiro atoms. The van der Waals surface area contributed by atoms with Crippen LogP contribution in [-0.4, -0.2) is 18.8 Å². The molecule has 0 heterocycles. The summed E-state index contributed by atoms with van der Waals surface area (Å²) in [6, 6.07) is 0. The number of hydrogen-bond donors (Lipinski definition) is 0. The Kier molecular flexibility index (Phi) is 24.1. The van der Waals surface area contributed by atoms with Crippen molar-refractivity contribution in [2.45, 2.75) is 174 Å². The molecule has 0 N–H and O–H groups in total. The van der Waals surface area contributed by atoms with Gasteiger partial charge in [0.05, 0.1) is 0 Å². The Morgan fingerprint density at radius 1 is 0.276 bits per heavy atom. The standard InChI is InChI=1S/C16H33.3C4H9.Sb/c1-3-5-7-9-11-13-15-16-14-12-10-8-6-4-2;3*1-3-4-2;/h1,3-16H2,2H3;3*1,3-4H2,2H3;. The van der Waals surface area contributed by atoms with Gasteiger partial charge in [-0.15, -0.1) is 0 Å². The molecule has 0 aliphatic carbocycles. The first-order valence-corrected chi connectivity index (χ1v) is 21.3. The van der Waals surface area contributed by atoms with Gasteiger partial charge in [-0.2, -0.15) is 0 Å². The minimum atomic E-state index is -1.69. The molecule has 0 fully saturated rings. The van der Waals surface area contributed by atoms with Gasteiger partial charge in [0.1, 0.15) is 0 Å². The summed E-state index contributed by atoms with van der Waals surface area (Å²) < 4.78 is 6.82. The maximum atomic E-state index is 2.40. The summed E-state index contributed by atoms with van der Waals surface area (Å²) in [5.41, 5.74) is 0. The van der Waals surface area contributed by atoms with Crippen molar-refractivity contribution < 1.29 is 0 Å². The van der Waals surface area contributed by atoms with Crippen molar-refractivity contribution in [2.75, 3.05) is 0 Å². The molecule has 0 saturated heterocycles. The molecule has 0 bridgehead atoms. The van der Waals surface area contributed by atoms with Crippen LogP contribution in [0.5, 0.6) is 0 Å². The van der Waals surface area contributed by atoms with Crippen LogP contribution in [-0.2, 0) is 0 Å². The summed E-state index contributed by atoms with van der Waals surface area (Å²) in [7, 11) is 0. The second kappa shape index (κ2) is 23.5. The van der Waals surface area contributed by atoms with Crippen molar-refractivity contribution in [3.05, 3.63) is 0 Å². The van der Waals surface area contributed by atoms with Gasteiger partial charge in [0.15, 0.2) is 0 Å². The molecule has 0 aliphatic rings. The van der Waals surface area contributed by atoms with Gasteiger partial charge in [0.25, 0.3) is 0 Å². The zero-order valence-electron chi connectivity index (χ0n) is 21.4. The molecule has 0 aromatic carbocycles. The normalized spacial score (nSPS) is 12.0. The second-order valence-electron chi connectivity index (χ2n) is 9.89. The summed E-state index contributed by atoms with van der Waals surface area (Å²) in [5.74, 6) is 0. The van der Waals surface area contributed by atoms with Crippen LogP contribution in [0.4, 0.5) is 0 Å². The third-order valence-electron chi connectivity index (χ3n) is 6.94. The van der Waals surface area contributed by atoms with E-state index in [-0.39, 0.29) is 0 Å². The van der Waals surface area contributed by atoms with Gasteiger partial charge in [-0.3, -0.25) is 0 Å². The molecule has 0 amide bonds. The first-order valence-electron chi connectivity index (χ1n) is 14.1. The summed E-state index contributed by atoms with van der Waals surface area (Å²) in [4.78, 5) is 0. The third kappa shape index (κ3) is 19.2. The summed E-state index contributed by atoms with van der Waals surface area (Å²) >= 11 is -1.69. The predicted molar refractivity (Wildman–Crippen MR) is 140 cm³/mol. The molecule has 0 aromatic heterocycles. The van der Waals surface area contributed by atoms with E-state index in [1.807, 2.05) is 0 Å². The molecule has 0 rings (SSSR count). The number of hydrogen-bond acceptors (Lipinski definition) is 0. The fourth-order valence-electron chi connectivity index (χ4n) is 4.79. The van der Waals surface area contributed by atoms with E-state index < -0.39 is 18.8 Å². The molecule has 0 nitrogen and oxygen atoms in total. The molecule has 177 valence electrons. The van der Waals surface area contributed by atoms with E-state index in [4.69, 9.17) is 0 Å². The van der Waals surface area contributed by atoms with E-state index in [0.29, 0.717) is 0 Å². The van der Waals surface area contributed by atoms with Gasteiger partial charge in [-0.1, -0.05) is 26.2 Å². The van der Waals surface area contributed by atoms with E-state index in [9.17, 15) is 0 Å². The van der Waals surface area contributed by atoms with Crippen LogP contribution in [0.2, 0.25) is 17.5 Å². The van der Waals surface area contributed by atoms with Crippen LogP contribution in [0.3, 0.4) is 0 Å². The van der Waals surface area contributed by atoms with E-state index in [0.717, 1.165) is 0 Å². The van der Waals surface area contributed by atoms with Crippen molar-refractivity contribution in [2.24, 2.45) is 0 Å². The monoisotopic (exact) mass is 517 g/mol. The first-order chi connectivity index (χ1) is 14.2. The minimum absolute atomic E-state index is 1.38. The van der Waals surface area contributed by atoms with Crippen molar-refractivity contribution in [1.82, 2.24) is 0 Å². The molecular formula is C28H60Sb. The molecule has 0 aromatic rings. The van der Waals surface area contributed by atoms with E-state index in [1.54, 1.807) is 23.9 Å². The van der Waals surface area contributed by atoms with Crippen molar-refractivity contribution in [1.29, 1.82) is 0 Å². The molecule has 0 atom stereocenters. The van der Waals surface area contributed by atoms with E-state index >= 15 is 0 Å². The Hall–Kier alpha value is 0.818. The SMILES string of the molecule is CCCCCCCCCCCCCCC[CH2][Sb]([CH2]CCC)([CH2]CCC)[CH2]CCC. The van der Waals surface area contributed by atoms with Crippen molar-refractivity contribution in [3.8, 4) is 0 Å². The number of rotatable bonds is 24. The van der Waals surface area contributed by atoms with Crippen LogP contribution >= 0.6 is 0 Å². The van der Waals surface area contributed by atoms with Gasteiger partial charge < -0.3 is 0 Å². The van der Waals surface area contributed by atoms with Crippen LogP contribution in [0.1, 0.15) is 156 Å². The predicted octanol–water partition coefficient (Wildman–Crippen LogP) is 11.3. The average molecular weight is 519 g/mol. The van der Waals surface area contributed by atoms with Crippen molar-refractivity contribution in [3.63, 3.8) is 0 Å². The summed E-state index contributed by atoms with van der Waals surface area (Å²) in [6.07, 6.45) is 29.8. The Balaban J connectivity index is 3.79. The van der Waals surface area contributed by atoms with E-state index in [1.165, 1.54) is 122 Å². The fourth-order valence-corrected chi connectivity index (χ4v) is 19.6. The van der Waals surface area contributed by atoms with Gasteiger partial charge in [-0.25, -0.2) is 0 Å². The molecule has 0 saturated carbocycles. The van der Waals surface area contributed by atoms with Gasteiger partial charge >= 0.3 is 166 Å².